The van der Waals surface area contributed by atoms with Gasteiger partial charge < -0.3 is 0 Å². The van der Waals surface area contributed by atoms with Gasteiger partial charge in [0.2, 0.25) is 6.04 Å². The van der Waals surface area contributed by atoms with Crippen LogP contribution in [0.4, 0.5) is 0 Å². The van der Waals surface area contributed by atoms with E-state index < -0.39 is 6.04 Å². The second-order valence-corrected chi connectivity index (χ2v) is 7.92. The number of rotatable bonds is 4. The second kappa shape index (κ2) is 6.30. The zero-order chi connectivity index (χ0) is 14.8. The van der Waals surface area contributed by atoms with Gasteiger partial charge >= 0.3 is 0 Å². The monoisotopic (exact) mass is 337 g/mol. The first kappa shape index (κ1) is 14.8. The van der Waals surface area contributed by atoms with Crippen molar-refractivity contribution in [3.63, 3.8) is 0 Å². The Hall–Kier alpha value is -1.17. The highest BCUT2D eigenvalue weighted by Gasteiger charge is 2.52. The van der Waals surface area contributed by atoms with Crippen LogP contribution in [0.3, 0.4) is 0 Å². The van der Waals surface area contributed by atoms with Crippen LogP contribution in [0, 0.1) is 10.1 Å². The fourth-order valence-electron chi connectivity index (χ4n) is 2.23. The molecular formula is C15H12ClNO2S2. The number of hydrogen-bond donors (Lipinski definition) is 0. The van der Waals surface area contributed by atoms with Gasteiger partial charge in [0.05, 0.1) is 0 Å². The van der Waals surface area contributed by atoms with Gasteiger partial charge in [-0.05, 0) is 29.8 Å². The molecule has 6 heteroatoms. The summed E-state index contributed by atoms with van der Waals surface area (Å²) in [4.78, 5) is 12.3. The highest BCUT2D eigenvalue weighted by atomic mass is 35.5. The molecule has 0 saturated carbocycles. The SMILES string of the molecule is O=[N+]([O-])[C@@H]1[C@@H](Sc2ccccc2)S[C@H]1c1ccc(Cl)cc1. The number of nitrogens with zero attached hydrogens (tertiary/aromatic N) is 1. The molecular weight excluding hydrogens is 326 g/mol. The van der Waals surface area contributed by atoms with E-state index in [2.05, 4.69) is 0 Å². The average molecular weight is 338 g/mol. The normalized spacial score (nSPS) is 24.3. The molecule has 1 saturated heterocycles. The molecule has 2 aromatic carbocycles. The molecule has 0 aromatic heterocycles. The standard InChI is InChI=1S/C15H12ClNO2S2/c16-11-8-6-10(7-9-11)14-13(17(18)19)15(21-14)20-12-4-2-1-3-5-12/h1-9,13-15H/t13-,14-,15-/m0/s1. The minimum Gasteiger partial charge on any atom is -0.264 e. The van der Waals surface area contributed by atoms with Crippen molar-refractivity contribution in [2.75, 3.05) is 0 Å². The lowest BCUT2D eigenvalue weighted by molar-refractivity contribution is -0.522. The summed E-state index contributed by atoms with van der Waals surface area (Å²) in [6.07, 6.45) is 0. The number of thioether (sulfide) groups is 2. The molecule has 0 radical (unpaired) electrons. The zero-order valence-corrected chi connectivity index (χ0v) is 13.3. The van der Waals surface area contributed by atoms with Gasteiger partial charge in [0.1, 0.15) is 9.83 Å². The molecule has 1 fully saturated rings. The van der Waals surface area contributed by atoms with Crippen molar-refractivity contribution in [1.82, 2.24) is 0 Å². The highest BCUT2D eigenvalue weighted by Crippen LogP contribution is 2.55. The lowest BCUT2D eigenvalue weighted by Gasteiger charge is -2.37. The Morgan fingerprint density at radius 1 is 1.10 bits per heavy atom. The fourth-order valence-corrected chi connectivity index (χ4v) is 5.51. The van der Waals surface area contributed by atoms with E-state index >= 15 is 0 Å². The van der Waals surface area contributed by atoms with E-state index in [1.54, 1.807) is 35.7 Å². The van der Waals surface area contributed by atoms with Crippen molar-refractivity contribution < 1.29 is 4.92 Å². The second-order valence-electron chi connectivity index (χ2n) is 4.68. The van der Waals surface area contributed by atoms with Gasteiger partial charge in [0, 0.05) is 14.8 Å². The first-order valence-electron chi connectivity index (χ1n) is 6.41. The van der Waals surface area contributed by atoms with Crippen LogP contribution in [-0.2, 0) is 0 Å². The van der Waals surface area contributed by atoms with Crippen LogP contribution in [0.5, 0.6) is 0 Å². The van der Waals surface area contributed by atoms with Crippen LogP contribution in [0.25, 0.3) is 0 Å². The summed E-state index contributed by atoms with van der Waals surface area (Å²) < 4.78 is -0.0527. The summed E-state index contributed by atoms with van der Waals surface area (Å²) in [6.45, 7) is 0. The van der Waals surface area contributed by atoms with Gasteiger partial charge in [-0.1, -0.05) is 41.9 Å². The van der Waals surface area contributed by atoms with Gasteiger partial charge in [-0.2, -0.15) is 0 Å². The maximum Gasteiger partial charge on any atom is 0.249 e. The van der Waals surface area contributed by atoms with Crippen molar-refractivity contribution in [2.45, 2.75) is 20.8 Å². The molecule has 0 amide bonds. The quantitative estimate of drug-likeness (QED) is 0.588. The molecule has 3 rings (SSSR count). The highest BCUT2D eigenvalue weighted by molar-refractivity contribution is 8.18. The molecule has 0 bridgehead atoms. The summed E-state index contributed by atoms with van der Waals surface area (Å²) >= 11 is 9.07. The third kappa shape index (κ3) is 3.20. The predicted octanol–water partition coefficient (Wildman–Crippen LogP) is 4.89. The lowest BCUT2D eigenvalue weighted by atomic mass is 10.1. The minimum atomic E-state index is -0.568. The van der Waals surface area contributed by atoms with Gasteiger partial charge in [0.25, 0.3) is 0 Å². The van der Waals surface area contributed by atoms with Crippen molar-refractivity contribution in [3.8, 4) is 0 Å². The summed E-state index contributed by atoms with van der Waals surface area (Å²) in [5.41, 5.74) is 0.969. The van der Waals surface area contributed by atoms with E-state index in [1.807, 2.05) is 42.5 Å². The average Bonchev–Trinajstić information content (AvgIpc) is 2.45. The molecule has 108 valence electrons. The Morgan fingerprint density at radius 3 is 2.38 bits per heavy atom. The smallest absolute Gasteiger partial charge is 0.249 e. The third-order valence-electron chi connectivity index (χ3n) is 3.31. The zero-order valence-electron chi connectivity index (χ0n) is 10.9. The number of nitro groups is 1. The van der Waals surface area contributed by atoms with Crippen LogP contribution in [0.1, 0.15) is 10.8 Å². The van der Waals surface area contributed by atoms with E-state index in [4.69, 9.17) is 11.6 Å². The lowest BCUT2D eigenvalue weighted by Crippen LogP contribution is -2.43. The number of halogens is 1. The van der Waals surface area contributed by atoms with Crippen molar-refractivity contribution >= 4 is 35.1 Å². The van der Waals surface area contributed by atoms with Crippen LogP contribution in [-0.4, -0.2) is 15.5 Å². The Labute approximate surface area is 136 Å². The molecule has 0 spiro atoms. The molecule has 1 aliphatic rings. The largest absolute Gasteiger partial charge is 0.264 e. The van der Waals surface area contributed by atoms with E-state index in [-0.39, 0.29) is 14.8 Å². The van der Waals surface area contributed by atoms with Crippen molar-refractivity contribution in [1.29, 1.82) is 0 Å². The van der Waals surface area contributed by atoms with Gasteiger partial charge in [0.15, 0.2) is 0 Å². The maximum atomic E-state index is 11.4. The summed E-state index contributed by atoms with van der Waals surface area (Å²) in [5, 5.41) is 11.9. The van der Waals surface area contributed by atoms with E-state index in [9.17, 15) is 10.1 Å². The number of benzene rings is 2. The Kier molecular flexibility index (Phi) is 4.42. The molecule has 0 aliphatic carbocycles. The summed E-state index contributed by atoms with van der Waals surface area (Å²) in [6, 6.07) is 16.6. The molecule has 3 nitrogen and oxygen atoms in total. The van der Waals surface area contributed by atoms with Crippen LogP contribution in [0.15, 0.2) is 59.5 Å². The Balaban J connectivity index is 1.74. The van der Waals surface area contributed by atoms with Crippen LogP contribution in [0.2, 0.25) is 5.02 Å². The third-order valence-corrected chi connectivity index (χ3v) is 6.63. The molecule has 0 N–H and O–H groups in total. The molecule has 1 aliphatic heterocycles. The van der Waals surface area contributed by atoms with Gasteiger partial charge in [-0.3, -0.25) is 10.1 Å². The Bertz CT molecular complexity index is 636. The summed E-state index contributed by atoms with van der Waals surface area (Å²) in [5.74, 6) is 0. The molecule has 21 heavy (non-hydrogen) atoms. The molecule has 1 heterocycles. The maximum absolute atomic E-state index is 11.4. The van der Waals surface area contributed by atoms with E-state index in [1.165, 1.54) is 0 Å². The fraction of sp³-hybridized carbons (Fsp3) is 0.200. The Morgan fingerprint density at radius 2 is 1.76 bits per heavy atom. The first-order chi connectivity index (χ1) is 10.1. The van der Waals surface area contributed by atoms with Crippen molar-refractivity contribution in [3.05, 3.63) is 75.3 Å². The topological polar surface area (TPSA) is 43.1 Å². The summed E-state index contributed by atoms with van der Waals surface area (Å²) in [7, 11) is 0. The van der Waals surface area contributed by atoms with E-state index in [0.717, 1.165) is 10.5 Å². The molecule has 0 unspecified atom stereocenters. The minimum absolute atomic E-state index is 0.0527. The van der Waals surface area contributed by atoms with Gasteiger partial charge in [-0.25, -0.2) is 0 Å². The van der Waals surface area contributed by atoms with Crippen molar-refractivity contribution in [2.24, 2.45) is 0 Å². The first-order valence-corrected chi connectivity index (χ1v) is 8.61. The number of hydrogen-bond acceptors (Lipinski definition) is 4. The van der Waals surface area contributed by atoms with Gasteiger partial charge in [-0.15, -0.1) is 23.5 Å². The predicted molar refractivity (Wildman–Crippen MR) is 88.7 cm³/mol. The molecule has 2 aromatic rings. The van der Waals surface area contributed by atoms with E-state index in [0.29, 0.717) is 5.02 Å². The van der Waals surface area contributed by atoms with Crippen LogP contribution >= 0.6 is 35.1 Å². The molecule has 3 atom stereocenters. The van der Waals surface area contributed by atoms with Crippen LogP contribution < -0.4 is 0 Å².